The molecule has 176 valence electrons. The number of nitrogens with one attached hydrogen (secondary N) is 1. The van der Waals surface area contributed by atoms with Crippen LogP contribution in [0.1, 0.15) is 29.0 Å². The van der Waals surface area contributed by atoms with E-state index in [0.717, 1.165) is 0 Å². The lowest BCUT2D eigenvalue weighted by Crippen LogP contribution is -2.44. The Morgan fingerprint density at radius 2 is 2.12 bits per heavy atom. The number of carbonyl (C=O) groups is 3. The van der Waals surface area contributed by atoms with E-state index in [1.54, 1.807) is 42.0 Å². The van der Waals surface area contributed by atoms with E-state index in [0.29, 0.717) is 24.5 Å². The number of carbonyl (C=O) groups excluding carboxylic acids is 3. The highest BCUT2D eigenvalue weighted by molar-refractivity contribution is 5.95. The van der Waals surface area contributed by atoms with Crippen LogP contribution in [0.3, 0.4) is 0 Å². The quantitative estimate of drug-likeness (QED) is 0.650. The van der Waals surface area contributed by atoms with Crippen molar-refractivity contribution in [3.05, 3.63) is 35.9 Å². The maximum Gasteiger partial charge on any atom is 0.274 e. The summed E-state index contributed by atoms with van der Waals surface area (Å²) in [5.41, 5.74) is 0.800. The van der Waals surface area contributed by atoms with Gasteiger partial charge in [-0.05, 0) is 12.1 Å². The summed E-state index contributed by atoms with van der Waals surface area (Å²) >= 11 is 0. The molecule has 4 heterocycles. The summed E-state index contributed by atoms with van der Waals surface area (Å²) in [4.78, 5) is 44.9. The van der Waals surface area contributed by atoms with Crippen LogP contribution in [0.5, 0.6) is 5.75 Å². The second-order valence-corrected chi connectivity index (χ2v) is 8.19. The van der Waals surface area contributed by atoms with E-state index in [1.165, 1.54) is 11.1 Å². The van der Waals surface area contributed by atoms with Gasteiger partial charge in [0.25, 0.3) is 5.91 Å². The van der Waals surface area contributed by atoms with Crippen LogP contribution in [0.2, 0.25) is 0 Å². The second-order valence-electron chi connectivity index (χ2n) is 8.19. The first-order valence-electron chi connectivity index (χ1n) is 10.8. The molecule has 1 N–H and O–H groups in total. The summed E-state index contributed by atoms with van der Waals surface area (Å²) in [5.74, 6) is -0.328. The minimum Gasteiger partial charge on any atom is -0.489 e. The fourth-order valence-electron chi connectivity index (χ4n) is 3.75. The summed E-state index contributed by atoms with van der Waals surface area (Å²) in [6.07, 6.45) is 3.06. The van der Waals surface area contributed by atoms with Gasteiger partial charge in [-0.15, -0.1) is 5.10 Å². The van der Waals surface area contributed by atoms with E-state index in [-0.39, 0.29) is 50.1 Å². The molecule has 0 radical (unpaired) electrons. The number of ether oxygens (including phenoxy) is 2. The van der Waals surface area contributed by atoms with E-state index in [9.17, 15) is 14.4 Å². The lowest BCUT2D eigenvalue weighted by atomic mass is 10.2. The molecule has 0 spiro atoms. The Hall–Kier alpha value is -3.54. The third-order valence-corrected chi connectivity index (χ3v) is 5.58. The van der Waals surface area contributed by atoms with Crippen LogP contribution in [0.4, 0.5) is 0 Å². The molecule has 0 aliphatic carbocycles. The molecule has 2 bridgehead atoms. The number of hydrogen-bond donors (Lipinski definition) is 1. The van der Waals surface area contributed by atoms with Crippen LogP contribution in [-0.4, -0.2) is 93.4 Å². The Balaban J connectivity index is 1.52. The Morgan fingerprint density at radius 3 is 2.94 bits per heavy atom. The van der Waals surface area contributed by atoms with Crippen LogP contribution in [0.15, 0.2) is 24.5 Å². The summed E-state index contributed by atoms with van der Waals surface area (Å²) in [7, 11) is 3.31. The van der Waals surface area contributed by atoms with Crippen molar-refractivity contribution in [2.24, 2.45) is 0 Å². The van der Waals surface area contributed by atoms with E-state index < -0.39 is 18.1 Å². The summed E-state index contributed by atoms with van der Waals surface area (Å²) in [5, 5.41) is 11.1. The zero-order chi connectivity index (χ0) is 23.4. The molecule has 3 amide bonds. The SMILES string of the molecule is CN(C)C(=O)CCC(=O)N1C[C@@H]2NC(=O)c3ncccc3OCCn3cc(nn3)CO[C@H]2C1. The molecule has 2 aromatic heterocycles. The number of fused-ring (bicyclic) bond motifs is 4. The van der Waals surface area contributed by atoms with Crippen molar-refractivity contribution in [3.8, 4) is 5.75 Å². The van der Waals surface area contributed by atoms with E-state index in [2.05, 4.69) is 20.6 Å². The molecule has 0 aromatic carbocycles. The van der Waals surface area contributed by atoms with Gasteiger partial charge in [-0.25, -0.2) is 9.67 Å². The zero-order valence-electron chi connectivity index (χ0n) is 18.6. The standard InChI is InChI=1S/C21H27N7O5/c1-26(2)18(29)5-6-19(30)27-11-15-17(12-27)33-13-14-10-28(25-24-14)8-9-32-16-4-3-7-22-20(16)21(31)23-15/h3-4,7,10,15,17H,5-6,8-9,11-13H2,1-2H3,(H,23,31)/t15-,17-/m0/s1. The van der Waals surface area contributed by atoms with Crippen LogP contribution < -0.4 is 10.1 Å². The first-order valence-corrected chi connectivity index (χ1v) is 10.8. The number of hydrogen-bond acceptors (Lipinski definition) is 8. The van der Waals surface area contributed by atoms with Crippen LogP contribution >= 0.6 is 0 Å². The highest BCUT2D eigenvalue weighted by Gasteiger charge is 2.37. The molecule has 33 heavy (non-hydrogen) atoms. The number of amides is 3. The number of pyridine rings is 1. The Labute approximate surface area is 190 Å². The predicted molar refractivity (Wildman–Crippen MR) is 114 cm³/mol. The van der Waals surface area contributed by atoms with Crippen molar-refractivity contribution in [2.45, 2.75) is 38.1 Å². The topological polar surface area (TPSA) is 132 Å². The average molecular weight is 457 g/mol. The van der Waals surface area contributed by atoms with Crippen molar-refractivity contribution in [1.29, 1.82) is 0 Å². The summed E-state index contributed by atoms with van der Waals surface area (Å²) in [6.45, 7) is 1.48. The molecule has 2 aliphatic rings. The van der Waals surface area contributed by atoms with Crippen LogP contribution in [0, 0.1) is 0 Å². The van der Waals surface area contributed by atoms with Crippen molar-refractivity contribution in [1.82, 2.24) is 35.1 Å². The highest BCUT2D eigenvalue weighted by atomic mass is 16.5. The molecule has 2 atom stereocenters. The van der Waals surface area contributed by atoms with E-state index >= 15 is 0 Å². The molecule has 2 aliphatic heterocycles. The first-order chi connectivity index (χ1) is 15.9. The molecular formula is C21H27N7O5. The van der Waals surface area contributed by atoms with Crippen molar-refractivity contribution >= 4 is 17.7 Å². The minimum absolute atomic E-state index is 0.0942. The number of aromatic nitrogens is 4. The van der Waals surface area contributed by atoms with Gasteiger partial charge in [0.2, 0.25) is 11.8 Å². The number of nitrogens with zero attached hydrogens (tertiary/aromatic N) is 6. The zero-order valence-corrected chi connectivity index (χ0v) is 18.6. The van der Waals surface area contributed by atoms with Crippen molar-refractivity contribution in [3.63, 3.8) is 0 Å². The third-order valence-electron chi connectivity index (χ3n) is 5.58. The molecule has 12 nitrogen and oxygen atoms in total. The summed E-state index contributed by atoms with van der Waals surface area (Å²) in [6, 6.07) is 2.92. The maximum atomic E-state index is 13.0. The van der Waals surface area contributed by atoms with Gasteiger partial charge in [0.05, 0.1) is 31.5 Å². The smallest absolute Gasteiger partial charge is 0.274 e. The van der Waals surface area contributed by atoms with Crippen molar-refractivity contribution < 1.29 is 23.9 Å². The lowest BCUT2D eigenvalue weighted by molar-refractivity contribution is -0.135. The van der Waals surface area contributed by atoms with Crippen LogP contribution in [-0.2, 0) is 27.5 Å². The Kier molecular flexibility index (Phi) is 6.82. The third kappa shape index (κ3) is 5.45. The molecule has 12 heteroatoms. The normalized spacial score (nSPS) is 20.7. The molecule has 0 unspecified atom stereocenters. The molecule has 1 fully saturated rings. The van der Waals surface area contributed by atoms with E-state index in [4.69, 9.17) is 9.47 Å². The predicted octanol–water partition coefficient (Wildman–Crippen LogP) is -0.540. The van der Waals surface area contributed by atoms with E-state index in [1.807, 2.05) is 0 Å². The fraction of sp³-hybridized carbons (Fsp3) is 0.524. The largest absolute Gasteiger partial charge is 0.489 e. The number of likely N-dealkylation sites (tertiary alicyclic amines) is 1. The average Bonchev–Trinajstić information content (AvgIpc) is 3.42. The van der Waals surface area contributed by atoms with Gasteiger partial charge in [-0.2, -0.15) is 0 Å². The second kappa shape index (κ2) is 9.94. The Bertz CT molecular complexity index is 1020. The fourth-order valence-corrected chi connectivity index (χ4v) is 3.75. The van der Waals surface area contributed by atoms with Gasteiger partial charge in [0.15, 0.2) is 11.4 Å². The van der Waals surface area contributed by atoms with Crippen molar-refractivity contribution in [2.75, 3.05) is 33.8 Å². The molecule has 0 saturated carbocycles. The van der Waals surface area contributed by atoms with Gasteiger partial charge in [-0.1, -0.05) is 5.21 Å². The van der Waals surface area contributed by atoms with Gasteiger partial charge in [0, 0.05) is 46.2 Å². The highest BCUT2D eigenvalue weighted by Crippen LogP contribution is 2.20. The molecular weight excluding hydrogens is 430 g/mol. The molecule has 2 aromatic rings. The van der Waals surface area contributed by atoms with Crippen LogP contribution in [0.25, 0.3) is 0 Å². The van der Waals surface area contributed by atoms with Gasteiger partial charge < -0.3 is 24.6 Å². The maximum absolute atomic E-state index is 13.0. The molecule has 4 rings (SSSR count). The van der Waals surface area contributed by atoms with Gasteiger partial charge >= 0.3 is 0 Å². The minimum atomic E-state index is -0.459. The monoisotopic (exact) mass is 457 g/mol. The first kappa shape index (κ1) is 22.6. The van der Waals surface area contributed by atoms with Gasteiger partial charge in [0.1, 0.15) is 12.3 Å². The summed E-state index contributed by atoms with van der Waals surface area (Å²) < 4.78 is 13.5. The lowest BCUT2D eigenvalue weighted by Gasteiger charge is -2.20. The number of rotatable bonds is 3. The molecule has 1 saturated heterocycles. The Morgan fingerprint density at radius 1 is 1.27 bits per heavy atom. The van der Waals surface area contributed by atoms with Gasteiger partial charge in [-0.3, -0.25) is 14.4 Å².